The number of nitrogens with one attached hydrogen (secondary N) is 1. The van der Waals surface area contributed by atoms with Crippen LogP contribution in [0.4, 0.5) is 5.69 Å². The molecule has 0 fully saturated rings. The third-order valence-electron chi connectivity index (χ3n) is 3.58. The van der Waals surface area contributed by atoms with Crippen molar-refractivity contribution in [1.29, 1.82) is 0 Å². The summed E-state index contributed by atoms with van der Waals surface area (Å²) in [5.41, 5.74) is 3.39. The minimum absolute atomic E-state index is 0.565. The average Bonchev–Trinajstić information content (AvgIpc) is 2.62. The van der Waals surface area contributed by atoms with Gasteiger partial charge < -0.3 is 10.1 Å². The molecule has 0 saturated heterocycles. The monoisotopic (exact) mass is 401 g/mol. The van der Waals surface area contributed by atoms with Crippen LogP contribution < -0.4 is 10.1 Å². The van der Waals surface area contributed by atoms with Crippen LogP contribution in [-0.4, -0.2) is 0 Å². The Morgan fingerprint density at radius 2 is 1.42 bits per heavy atom. The molecule has 3 aromatic rings. The van der Waals surface area contributed by atoms with E-state index in [4.69, 9.17) is 16.3 Å². The maximum atomic E-state index is 5.88. The van der Waals surface area contributed by atoms with Crippen molar-refractivity contribution < 1.29 is 4.74 Å². The molecule has 3 aromatic carbocycles. The van der Waals surface area contributed by atoms with Gasteiger partial charge in [0.1, 0.15) is 12.4 Å². The normalized spacial score (nSPS) is 10.4. The van der Waals surface area contributed by atoms with Crippen LogP contribution in [0.2, 0.25) is 5.02 Å². The summed E-state index contributed by atoms with van der Waals surface area (Å²) in [6, 6.07) is 24.0. The van der Waals surface area contributed by atoms with E-state index in [2.05, 4.69) is 45.5 Å². The summed E-state index contributed by atoms with van der Waals surface area (Å²) in [6.07, 6.45) is 0. The number of rotatable bonds is 6. The first-order valence-electron chi connectivity index (χ1n) is 7.65. The van der Waals surface area contributed by atoms with Gasteiger partial charge in [0.05, 0.1) is 0 Å². The van der Waals surface area contributed by atoms with Crippen LogP contribution in [-0.2, 0) is 13.2 Å². The lowest BCUT2D eigenvalue weighted by Gasteiger charge is -2.09. The van der Waals surface area contributed by atoms with Crippen molar-refractivity contribution in [2.45, 2.75) is 13.2 Å². The number of benzene rings is 3. The fraction of sp³-hybridized carbons (Fsp3) is 0.100. The van der Waals surface area contributed by atoms with Gasteiger partial charge in [-0.25, -0.2) is 0 Å². The number of hydrogen-bond donors (Lipinski definition) is 1. The van der Waals surface area contributed by atoms with Gasteiger partial charge in [0, 0.05) is 21.7 Å². The number of hydrogen-bond acceptors (Lipinski definition) is 2. The van der Waals surface area contributed by atoms with E-state index in [1.165, 1.54) is 5.56 Å². The number of ether oxygens (including phenoxy) is 1. The fourth-order valence-electron chi connectivity index (χ4n) is 2.22. The highest BCUT2D eigenvalue weighted by atomic mass is 79.9. The topological polar surface area (TPSA) is 21.3 Å². The zero-order valence-corrected chi connectivity index (χ0v) is 15.3. The molecule has 24 heavy (non-hydrogen) atoms. The van der Waals surface area contributed by atoms with E-state index in [-0.39, 0.29) is 0 Å². The standard InChI is InChI=1S/C20H17BrClNO/c21-17-5-1-16(2-6-17)14-24-20-11-3-15(4-12-20)13-23-19-9-7-18(22)8-10-19/h1-12,23H,13-14H2. The molecule has 0 amide bonds. The Labute approximate surface area is 155 Å². The maximum Gasteiger partial charge on any atom is 0.119 e. The Hall–Kier alpha value is -1.97. The lowest BCUT2D eigenvalue weighted by atomic mass is 10.2. The zero-order chi connectivity index (χ0) is 16.8. The molecule has 0 aliphatic heterocycles. The van der Waals surface area contributed by atoms with Crippen LogP contribution in [0, 0.1) is 0 Å². The molecule has 0 aromatic heterocycles. The fourth-order valence-corrected chi connectivity index (χ4v) is 2.61. The molecule has 0 radical (unpaired) electrons. The quantitative estimate of drug-likeness (QED) is 0.523. The summed E-state index contributed by atoms with van der Waals surface area (Å²) in [5, 5.41) is 4.11. The van der Waals surface area contributed by atoms with E-state index in [0.717, 1.165) is 33.0 Å². The smallest absolute Gasteiger partial charge is 0.119 e. The molecule has 2 nitrogen and oxygen atoms in total. The Morgan fingerprint density at radius 3 is 2.08 bits per heavy atom. The molecule has 0 unspecified atom stereocenters. The van der Waals surface area contributed by atoms with Crippen LogP contribution in [0.15, 0.2) is 77.3 Å². The van der Waals surface area contributed by atoms with Crippen LogP contribution in [0.3, 0.4) is 0 Å². The molecule has 0 atom stereocenters. The SMILES string of the molecule is Clc1ccc(NCc2ccc(OCc3ccc(Br)cc3)cc2)cc1. The van der Waals surface area contributed by atoms with Crippen LogP contribution in [0.5, 0.6) is 5.75 Å². The molecular formula is C20H17BrClNO. The molecular weight excluding hydrogens is 386 g/mol. The van der Waals surface area contributed by atoms with E-state index < -0.39 is 0 Å². The molecule has 122 valence electrons. The minimum atomic E-state index is 0.565. The van der Waals surface area contributed by atoms with Gasteiger partial charge in [-0.05, 0) is 59.7 Å². The second-order valence-corrected chi connectivity index (χ2v) is 6.77. The molecule has 1 N–H and O–H groups in total. The van der Waals surface area contributed by atoms with Crippen molar-refractivity contribution in [3.8, 4) is 5.75 Å². The van der Waals surface area contributed by atoms with E-state index in [1.54, 1.807) is 0 Å². The predicted octanol–water partition coefficient (Wildman–Crippen LogP) is 6.29. The molecule has 0 bridgehead atoms. The van der Waals surface area contributed by atoms with Crippen molar-refractivity contribution in [3.63, 3.8) is 0 Å². The van der Waals surface area contributed by atoms with Gasteiger partial charge in [0.15, 0.2) is 0 Å². The summed E-state index contributed by atoms with van der Waals surface area (Å²) >= 11 is 9.32. The van der Waals surface area contributed by atoms with Gasteiger partial charge in [-0.15, -0.1) is 0 Å². The van der Waals surface area contributed by atoms with Crippen molar-refractivity contribution in [1.82, 2.24) is 0 Å². The number of anilines is 1. The lowest BCUT2D eigenvalue weighted by molar-refractivity contribution is 0.306. The first-order chi connectivity index (χ1) is 11.7. The highest BCUT2D eigenvalue weighted by Gasteiger charge is 1.99. The highest BCUT2D eigenvalue weighted by Crippen LogP contribution is 2.18. The van der Waals surface area contributed by atoms with Crippen LogP contribution in [0.1, 0.15) is 11.1 Å². The zero-order valence-electron chi connectivity index (χ0n) is 13.0. The first-order valence-corrected chi connectivity index (χ1v) is 8.82. The Bertz CT molecular complexity index is 702. The van der Waals surface area contributed by atoms with E-state index in [9.17, 15) is 0 Å². The maximum absolute atomic E-state index is 5.88. The molecule has 4 heteroatoms. The third-order valence-corrected chi connectivity index (χ3v) is 4.36. The number of halogens is 2. The van der Waals surface area contributed by atoms with Gasteiger partial charge in [-0.2, -0.15) is 0 Å². The Kier molecular flexibility index (Phi) is 5.78. The predicted molar refractivity (Wildman–Crippen MR) is 104 cm³/mol. The summed E-state index contributed by atoms with van der Waals surface area (Å²) in [4.78, 5) is 0. The van der Waals surface area contributed by atoms with Gasteiger partial charge in [-0.3, -0.25) is 0 Å². The summed E-state index contributed by atoms with van der Waals surface area (Å²) in [7, 11) is 0. The minimum Gasteiger partial charge on any atom is -0.489 e. The molecule has 3 rings (SSSR count). The van der Waals surface area contributed by atoms with Gasteiger partial charge in [-0.1, -0.05) is 51.8 Å². The highest BCUT2D eigenvalue weighted by molar-refractivity contribution is 9.10. The molecule has 0 aliphatic rings. The lowest BCUT2D eigenvalue weighted by Crippen LogP contribution is -1.99. The summed E-state index contributed by atoms with van der Waals surface area (Å²) < 4.78 is 6.89. The van der Waals surface area contributed by atoms with E-state index in [0.29, 0.717) is 6.61 Å². The molecule has 0 heterocycles. The second-order valence-electron chi connectivity index (χ2n) is 5.42. The summed E-state index contributed by atoms with van der Waals surface area (Å²) in [5.74, 6) is 0.869. The van der Waals surface area contributed by atoms with Gasteiger partial charge >= 0.3 is 0 Å². The van der Waals surface area contributed by atoms with E-state index >= 15 is 0 Å². The van der Waals surface area contributed by atoms with Crippen LogP contribution in [0.25, 0.3) is 0 Å². The van der Waals surface area contributed by atoms with Crippen molar-refractivity contribution >= 4 is 33.2 Å². The van der Waals surface area contributed by atoms with Gasteiger partial charge in [0.25, 0.3) is 0 Å². The van der Waals surface area contributed by atoms with Crippen molar-refractivity contribution in [2.24, 2.45) is 0 Å². The molecule has 0 spiro atoms. The average molecular weight is 403 g/mol. The van der Waals surface area contributed by atoms with Crippen molar-refractivity contribution in [2.75, 3.05) is 5.32 Å². The molecule has 0 saturated carbocycles. The second kappa shape index (κ2) is 8.22. The van der Waals surface area contributed by atoms with Crippen LogP contribution >= 0.6 is 27.5 Å². The first kappa shape index (κ1) is 16.9. The molecule has 0 aliphatic carbocycles. The Balaban J connectivity index is 1.51. The van der Waals surface area contributed by atoms with Gasteiger partial charge in [0.2, 0.25) is 0 Å². The largest absolute Gasteiger partial charge is 0.489 e. The van der Waals surface area contributed by atoms with Crippen molar-refractivity contribution in [3.05, 3.63) is 93.4 Å². The Morgan fingerprint density at radius 1 is 0.792 bits per heavy atom. The summed E-state index contributed by atoms with van der Waals surface area (Å²) in [6.45, 7) is 1.32. The van der Waals surface area contributed by atoms with E-state index in [1.807, 2.05) is 48.5 Å². The third kappa shape index (κ3) is 5.02.